The van der Waals surface area contributed by atoms with Crippen molar-refractivity contribution in [2.45, 2.75) is 37.0 Å². The maximum Gasteiger partial charge on any atom is 0.306 e. The van der Waals surface area contributed by atoms with Crippen LogP contribution in [0.2, 0.25) is 0 Å². The molecular formula is C28H37N3O6S. The van der Waals surface area contributed by atoms with Crippen LogP contribution in [0.3, 0.4) is 0 Å². The van der Waals surface area contributed by atoms with Crippen LogP contribution in [-0.4, -0.2) is 83.0 Å². The van der Waals surface area contributed by atoms with Crippen LogP contribution in [0.25, 0.3) is 0 Å². The highest BCUT2D eigenvalue weighted by Crippen LogP contribution is 2.34. The first kappa shape index (κ1) is 27.9. The molecule has 0 saturated carbocycles. The summed E-state index contributed by atoms with van der Waals surface area (Å²) in [4.78, 5) is 27.9. The summed E-state index contributed by atoms with van der Waals surface area (Å²) in [5, 5.41) is 0. The number of sulfonamides is 1. The van der Waals surface area contributed by atoms with Gasteiger partial charge in [0.2, 0.25) is 15.9 Å². The van der Waals surface area contributed by atoms with Crippen LogP contribution in [0.4, 0.5) is 5.69 Å². The Morgan fingerprint density at radius 2 is 1.58 bits per heavy atom. The van der Waals surface area contributed by atoms with Gasteiger partial charge in [0.25, 0.3) is 0 Å². The number of esters is 1. The van der Waals surface area contributed by atoms with E-state index >= 15 is 0 Å². The molecule has 38 heavy (non-hydrogen) atoms. The summed E-state index contributed by atoms with van der Waals surface area (Å²) >= 11 is 0. The van der Waals surface area contributed by atoms with Crippen LogP contribution in [0.1, 0.15) is 31.2 Å². The quantitative estimate of drug-likeness (QED) is 0.449. The Kier molecular flexibility index (Phi) is 9.27. The fourth-order valence-corrected chi connectivity index (χ4v) is 6.68. The number of hydrogen-bond acceptors (Lipinski definition) is 7. The molecular weight excluding hydrogens is 506 g/mol. The number of methoxy groups -OCH3 is 2. The SMILES string of the molecule is COC(=O)CCC(=O)N1CCN(c2cc(S(=O)(=O)N3CCC(Cc4ccccc4)CC3)ccc2OC)CC1. The van der Waals surface area contributed by atoms with Crippen LogP contribution in [0.15, 0.2) is 53.4 Å². The number of ether oxygens (including phenoxy) is 2. The smallest absolute Gasteiger partial charge is 0.306 e. The van der Waals surface area contributed by atoms with Crippen molar-refractivity contribution in [3.05, 3.63) is 54.1 Å². The number of benzene rings is 2. The van der Waals surface area contributed by atoms with Gasteiger partial charge in [-0.1, -0.05) is 30.3 Å². The summed E-state index contributed by atoms with van der Waals surface area (Å²) in [5.74, 6) is 0.576. The highest BCUT2D eigenvalue weighted by atomic mass is 32.2. The van der Waals surface area contributed by atoms with Gasteiger partial charge in [0.1, 0.15) is 5.75 Å². The Balaban J connectivity index is 1.39. The molecule has 2 aliphatic heterocycles. The van der Waals surface area contributed by atoms with Gasteiger partial charge in [0.15, 0.2) is 0 Å². The van der Waals surface area contributed by atoms with Gasteiger partial charge in [0, 0.05) is 45.7 Å². The second-order valence-electron chi connectivity index (χ2n) is 9.81. The number of piperidine rings is 1. The van der Waals surface area contributed by atoms with E-state index in [1.807, 2.05) is 23.1 Å². The third kappa shape index (κ3) is 6.66. The Hall–Kier alpha value is -3.11. The van der Waals surface area contributed by atoms with Gasteiger partial charge in [-0.05, 0) is 48.9 Å². The summed E-state index contributed by atoms with van der Waals surface area (Å²) in [6, 6.07) is 15.4. The number of hydrogen-bond donors (Lipinski definition) is 0. The van der Waals surface area contributed by atoms with E-state index in [0.29, 0.717) is 56.6 Å². The Morgan fingerprint density at radius 1 is 0.895 bits per heavy atom. The van der Waals surface area contributed by atoms with E-state index in [1.54, 1.807) is 34.5 Å². The lowest BCUT2D eigenvalue weighted by Crippen LogP contribution is -2.49. The molecule has 9 nitrogen and oxygen atoms in total. The lowest BCUT2D eigenvalue weighted by atomic mass is 9.91. The van der Waals surface area contributed by atoms with Gasteiger partial charge < -0.3 is 19.3 Å². The molecule has 10 heteroatoms. The van der Waals surface area contributed by atoms with Crippen molar-refractivity contribution in [2.75, 3.05) is 58.4 Å². The minimum Gasteiger partial charge on any atom is -0.495 e. The standard InChI is InChI=1S/C28H37N3O6S/c1-36-26-9-8-24(21-25(26)29-16-18-30(19-17-29)27(32)10-11-28(33)37-2)38(34,35)31-14-12-23(13-15-31)20-22-6-4-3-5-7-22/h3-9,21,23H,10-20H2,1-2H3. The number of amides is 1. The summed E-state index contributed by atoms with van der Waals surface area (Å²) in [6.45, 7) is 3.05. The fraction of sp³-hybridized carbons (Fsp3) is 0.500. The molecule has 4 rings (SSSR count). The number of carbonyl (C=O) groups is 2. The maximum absolute atomic E-state index is 13.6. The molecule has 2 heterocycles. The van der Waals surface area contributed by atoms with Crippen LogP contribution >= 0.6 is 0 Å². The fourth-order valence-electron chi connectivity index (χ4n) is 5.19. The first-order valence-corrected chi connectivity index (χ1v) is 14.6. The van der Waals surface area contributed by atoms with E-state index in [-0.39, 0.29) is 23.6 Å². The van der Waals surface area contributed by atoms with Crippen molar-refractivity contribution in [1.29, 1.82) is 0 Å². The van der Waals surface area contributed by atoms with Crippen molar-refractivity contribution in [3.8, 4) is 5.75 Å². The molecule has 0 N–H and O–H groups in total. The van der Waals surface area contributed by atoms with E-state index in [2.05, 4.69) is 16.9 Å². The molecule has 2 saturated heterocycles. The summed E-state index contributed by atoms with van der Waals surface area (Å²) in [5.41, 5.74) is 1.99. The average Bonchev–Trinajstić information content (AvgIpc) is 2.96. The molecule has 1 amide bonds. The zero-order valence-electron chi connectivity index (χ0n) is 22.2. The molecule has 2 fully saturated rings. The molecule has 0 spiro atoms. The Bertz CT molecular complexity index is 1200. The van der Waals surface area contributed by atoms with Crippen LogP contribution in [0, 0.1) is 5.92 Å². The molecule has 0 unspecified atom stereocenters. The number of nitrogens with zero attached hydrogens (tertiary/aromatic N) is 3. The Labute approximate surface area is 225 Å². The van der Waals surface area contributed by atoms with Crippen molar-refractivity contribution >= 4 is 27.6 Å². The summed E-state index contributed by atoms with van der Waals surface area (Å²) in [7, 11) is -0.770. The highest BCUT2D eigenvalue weighted by molar-refractivity contribution is 7.89. The Morgan fingerprint density at radius 3 is 2.21 bits per heavy atom. The minimum absolute atomic E-state index is 0.0623. The van der Waals surface area contributed by atoms with Gasteiger partial charge in [-0.2, -0.15) is 4.31 Å². The molecule has 0 atom stereocenters. The summed E-state index contributed by atoms with van der Waals surface area (Å²) < 4.78 is 38.9. The molecule has 0 radical (unpaired) electrons. The second-order valence-corrected chi connectivity index (χ2v) is 11.8. The van der Waals surface area contributed by atoms with Crippen molar-refractivity contribution in [1.82, 2.24) is 9.21 Å². The van der Waals surface area contributed by atoms with E-state index in [9.17, 15) is 18.0 Å². The zero-order valence-corrected chi connectivity index (χ0v) is 23.0. The second kappa shape index (κ2) is 12.6. The lowest BCUT2D eigenvalue weighted by molar-refractivity contribution is -0.143. The van der Waals surface area contributed by atoms with Gasteiger partial charge >= 0.3 is 5.97 Å². The van der Waals surface area contributed by atoms with Crippen molar-refractivity contribution < 1.29 is 27.5 Å². The molecule has 0 aliphatic carbocycles. The van der Waals surface area contributed by atoms with Gasteiger partial charge in [0.05, 0.1) is 31.2 Å². The molecule has 2 aromatic carbocycles. The normalized spacial score (nSPS) is 17.3. The maximum atomic E-state index is 13.6. The number of rotatable bonds is 9. The topological polar surface area (TPSA) is 96.5 Å². The third-order valence-corrected chi connectivity index (χ3v) is 9.37. The molecule has 2 aromatic rings. The molecule has 206 valence electrons. The van der Waals surface area contributed by atoms with Crippen LogP contribution in [0.5, 0.6) is 5.75 Å². The van der Waals surface area contributed by atoms with Crippen LogP contribution < -0.4 is 9.64 Å². The van der Waals surface area contributed by atoms with Gasteiger partial charge in [-0.15, -0.1) is 0 Å². The van der Waals surface area contributed by atoms with E-state index in [1.165, 1.54) is 12.7 Å². The molecule has 0 bridgehead atoms. The third-order valence-electron chi connectivity index (χ3n) is 7.47. The van der Waals surface area contributed by atoms with E-state index in [0.717, 1.165) is 19.3 Å². The predicted molar refractivity (Wildman–Crippen MR) is 145 cm³/mol. The van der Waals surface area contributed by atoms with Gasteiger partial charge in [-0.25, -0.2) is 8.42 Å². The zero-order chi connectivity index (χ0) is 27.1. The average molecular weight is 544 g/mol. The highest BCUT2D eigenvalue weighted by Gasteiger charge is 2.31. The first-order chi connectivity index (χ1) is 18.3. The monoisotopic (exact) mass is 543 g/mol. The van der Waals surface area contributed by atoms with Gasteiger partial charge in [-0.3, -0.25) is 9.59 Å². The van der Waals surface area contributed by atoms with E-state index in [4.69, 9.17) is 4.74 Å². The molecule has 0 aromatic heterocycles. The van der Waals surface area contributed by atoms with E-state index < -0.39 is 16.0 Å². The van der Waals surface area contributed by atoms with Crippen molar-refractivity contribution in [3.63, 3.8) is 0 Å². The molecule has 2 aliphatic rings. The lowest BCUT2D eigenvalue weighted by Gasteiger charge is -2.37. The first-order valence-electron chi connectivity index (χ1n) is 13.1. The largest absolute Gasteiger partial charge is 0.495 e. The number of anilines is 1. The summed E-state index contributed by atoms with van der Waals surface area (Å²) in [6.07, 6.45) is 2.82. The number of piperazine rings is 1. The number of carbonyl (C=O) groups excluding carboxylic acids is 2. The van der Waals surface area contributed by atoms with Crippen molar-refractivity contribution in [2.24, 2.45) is 5.92 Å². The predicted octanol–water partition coefficient (Wildman–Crippen LogP) is 2.94. The minimum atomic E-state index is -3.64. The van der Waals surface area contributed by atoms with Crippen LogP contribution in [-0.2, 0) is 30.8 Å².